The molecule has 0 saturated heterocycles. The molecular formula is C16H21ClO3. The van der Waals surface area contributed by atoms with E-state index in [0.717, 1.165) is 37.7 Å². The second-order valence-electron chi connectivity index (χ2n) is 5.19. The van der Waals surface area contributed by atoms with Crippen LogP contribution in [0.1, 0.15) is 44.6 Å². The van der Waals surface area contributed by atoms with Crippen LogP contribution in [0.5, 0.6) is 0 Å². The predicted molar refractivity (Wildman–Crippen MR) is 78.7 cm³/mol. The fourth-order valence-electron chi connectivity index (χ4n) is 2.60. The Morgan fingerprint density at radius 3 is 2.45 bits per heavy atom. The van der Waals surface area contributed by atoms with Gasteiger partial charge in [-0.3, -0.25) is 0 Å². The fraction of sp³-hybridized carbons (Fsp3) is 0.562. The van der Waals surface area contributed by atoms with E-state index >= 15 is 0 Å². The fourth-order valence-corrected chi connectivity index (χ4v) is 2.72. The lowest BCUT2D eigenvalue weighted by molar-refractivity contribution is -0.179. The first-order valence-corrected chi connectivity index (χ1v) is 7.60. The van der Waals surface area contributed by atoms with Gasteiger partial charge in [-0.2, -0.15) is 0 Å². The third-order valence-electron chi connectivity index (χ3n) is 3.74. The first-order valence-electron chi connectivity index (χ1n) is 7.22. The largest absolute Gasteiger partial charge is 0.464 e. The molecule has 0 heterocycles. The minimum absolute atomic E-state index is 0.214. The molecule has 1 aliphatic carbocycles. The highest BCUT2D eigenvalue weighted by Crippen LogP contribution is 2.33. The molecule has 0 aromatic heterocycles. The van der Waals surface area contributed by atoms with Crippen molar-refractivity contribution in [3.8, 4) is 0 Å². The van der Waals surface area contributed by atoms with E-state index in [1.807, 2.05) is 31.2 Å². The third kappa shape index (κ3) is 3.74. The number of carbonyl (C=O) groups excluding carboxylic acids is 1. The highest BCUT2D eigenvalue weighted by molar-refractivity contribution is 6.30. The Labute approximate surface area is 125 Å². The van der Waals surface area contributed by atoms with Gasteiger partial charge in [-0.15, -0.1) is 0 Å². The van der Waals surface area contributed by atoms with Crippen molar-refractivity contribution < 1.29 is 14.3 Å². The summed E-state index contributed by atoms with van der Waals surface area (Å²) in [4.78, 5) is 12.2. The van der Waals surface area contributed by atoms with Crippen molar-refractivity contribution in [1.82, 2.24) is 0 Å². The first-order chi connectivity index (χ1) is 9.66. The van der Waals surface area contributed by atoms with Crippen LogP contribution in [-0.4, -0.2) is 18.2 Å². The van der Waals surface area contributed by atoms with Crippen molar-refractivity contribution in [3.05, 3.63) is 34.9 Å². The van der Waals surface area contributed by atoms with Gasteiger partial charge in [0.05, 0.1) is 13.2 Å². The van der Waals surface area contributed by atoms with Gasteiger partial charge in [-0.25, -0.2) is 4.79 Å². The SMILES string of the molecule is CCOC(=O)C1(OCc2ccc(Cl)cc2)CCCCC1. The van der Waals surface area contributed by atoms with E-state index in [-0.39, 0.29) is 5.97 Å². The molecule has 1 aromatic carbocycles. The zero-order valence-corrected chi connectivity index (χ0v) is 12.6. The molecule has 3 nitrogen and oxygen atoms in total. The Hall–Kier alpha value is -1.06. The lowest BCUT2D eigenvalue weighted by Crippen LogP contribution is -2.44. The van der Waals surface area contributed by atoms with Crippen molar-refractivity contribution in [2.75, 3.05) is 6.61 Å². The van der Waals surface area contributed by atoms with Crippen LogP contribution in [0, 0.1) is 0 Å². The van der Waals surface area contributed by atoms with E-state index in [1.165, 1.54) is 0 Å². The Kier molecular flexibility index (Phi) is 5.44. The molecular weight excluding hydrogens is 276 g/mol. The number of ether oxygens (including phenoxy) is 2. The second-order valence-corrected chi connectivity index (χ2v) is 5.63. The zero-order valence-electron chi connectivity index (χ0n) is 11.9. The van der Waals surface area contributed by atoms with Gasteiger partial charge in [0.25, 0.3) is 0 Å². The third-order valence-corrected chi connectivity index (χ3v) is 3.99. The molecule has 4 heteroatoms. The molecule has 1 saturated carbocycles. The molecule has 1 aliphatic rings. The quantitative estimate of drug-likeness (QED) is 0.767. The minimum Gasteiger partial charge on any atom is -0.464 e. The van der Waals surface area contributed by atoms with Gasteiger partial charge in [-0.05, 0) is 50.3 Å². The van der Waals surface area contributed by atoms with Gasteiger partial charge >= 0.3 is 5.97 Å². The first kappa shape index (κ1) is 15.3. The number of carbonyl (C=O) groups is 1. The van der Waals surface area contributed by atoms with Crippen LogP contribution in [0.4, 0.5) is 0 Å². The average molecular weight is 297 g/mol. The van der Waals surface area contributed by atoms with Gasteiger partial charge in [0.2, 0.25) is 0 Å². The predicted octanol–water partition coefficient (Wildman–Crippen LogP) is 4.12. The lowest BCUT2D eigenvalue weighted by Gasteiger charge is -2.34. The van der Waals surface area contributed by atoms with Crippen LogP contribution in [-0.2, 0) is 20.9 Å². The zero-order chi connectivity index (χ0) is 14.4. The van der Waals surface area contributed by atoms with Gasteiger partial charge in [0.1, 0.15) is 0 Å². The number of hydrogen-bond donors (Lipinski definition) is 0. The molecule has 110 valence electrons. The molecule has 20 heavy (non-hydrogen) atoms. The van der Waals surface area contributed by atoms with Crippen molar-refractivity contribution >= 4 is 17.6 Å². The smallest absolute Gasteiger partial charge is 0.338 e. The summed E-state index contributed by atoms with van der Waals surface area (Å²) in [5.41, 5.74) is 0.261. The topological polar surface area (TPSA) is 35.5 Å². The lowest BCUT2D eigenvalue weighted by atomic mass is 9.84. The minimum atomic E-state index is -0.756. The van der Waals surface area contributed by atoms with Crippen molar-refractivity contribution in [2.24, 2.45) is 0 Å². The second kappa shape index (κ2) is 7.09. The summed E-state index contributed by atoms with van der Waals surface area (Å²) >= 11 is 5.86. The van der Waals surface area contributed by atoms with Gasteiger partial charge in [-0.1, -0.05) is 30.2 Å². The monoisotopic (exact) mass is 296 g/mol. The summed E-state index contributed by atoms with van der Waals surface area (Å²) in [6.45, 7) is 2.63. The summed E-state index contributed by atoms with van der Waals surface area (Å²) in [6, 6.07) is 7.50. The molecule has 0 spiro atoms. The van der Waals surface area contributed by atoms with E-state index in [0.29, 0.717) is 18.2 Å². The highest BCUT2D eigenvalue weighted by atomic mass is 35.5. The van der Waals surface area contributed by atoms with Gasteiger partial charge in [0.15, 0.2) is 5.60 Å². The Bertz CT molecular complexity index is 436. The molecule has 1 aromatic rings. The van der Waals surface area contributed by atoms with E-state index in [2.05, 4.69) is 0 Å². The molecule has 0 aliphatic heterocycles. The van der Waals surface area contributed by atoms with Crippen molar-refractivity contribution in [2.45, 2.75) is 51.2 Å². The summed E-state index contributed by atoms with van der Waals surface area (Å²) in [6.07, 6.45) is 4.68. The molecule has 1 fully saturated rings. The number of halogens is 1. The molecule has 0 unspecified atom stereocenters. The number of rotatable bonds is 5. The number of hydrogen-bond acceptors (Lipinski definition) is 3. The summed E-state index contributed by atoms with van der Waals surface area (Å²) in [5.74, 6) is -0.214. The molecule has 0 bridgehead atoms. The summed E-state index contributed by atoms with van der Waals surface area (Å²) in [7, 11) is 0. The van der Waals surface area contributed by atoms with Crippen LogP contribution in [0.25, 0.3) is 0 Å². The van der Waals surface area contributed by atoms with E-state index in [9.17, 15) is 4.79 Å². The van der Waals surface area contributed by atoms with Gasteiger partial charge < -0.3 is 9.47 Å². The van der Waals surface area contributed by atoms with Crippen LogP contribution < -0.4 is 0 Å². The summed E-state index contributed by atoms with van der Waals surface area (Å²) in [5, 5.41) is 0.700. The maximum absolute atomic E-state index is 12.2. The number of esters is 1. The normalized spacial score (nSPS) is 17.7. The van der Waals surface area contributed by atoms with Crippen LogP contribution >= 0.6 is 11.6 Å². The molecule has 0 N–H and O–H groups in total. The highest BCUT2D eigenvalue weighted by Gasteiger charge is 2.42. The van der Waals surface area contributed by atoms with Crippen LogP contribution in [0.15, 0.2) is 24.3 Å². The maximum atomic E-state index is 12.2. The van der Waals surface area contributed by atoms with Crippen molar-refractivity contribution in [3.63, 3.8) is 0 Å². The number of benzene rings is 1. The van der Waals surface area contributed by atoms with Crippen LogP contribution in [0.2, 0.25) is 5.02 Å². The van der Waals surface area contributed by atoms with E-state index in [1.54, 1.807) is 0 Å². The maximum Gasteiger partial charge on any atom is 0.338 e. The van der Waals surface area contributed by atoms with Crippen molar-refractivity contribution in [1.29, 1.82) is 0 Å². The molecule has 2 rings (SSSR count). The molecule has 0 atom stereocenters. The average Bonchev–Trinajstić information content (AvgIpc) is 2.48. The molecule has 0 radical (unpaired) electrons. The Balaban J connectivity index is 2.03. The standard InChI is InChI=1S/C16H21ClO3/c1-2-19-15(18)16(10-4-3-5-11-16)20-12-13-6-8-14(17)9-7-13/h6-9H,2-5,10-12H2,1H3. The van der Waals surface area contributed by atoms with E-state index < -0.39 is 5.60 Å². The Morgan fingerprint density at radius 2 is 1.85 bits per heavy atom. The van der Waals surface area contributed by atoms with Crippen LogP contribution in [0.3, 0.4) is 0 Å². The Morgan fingerprint density at radius 1 is 1.20 bits per heavy atom. The van der Waals surface area contributed by atoms with E-state index in [4.69, 9.17) is 21.1 Å². The summed E-state index contributed by atoms with van der Waals surface area (Å²) < 4.78 is 11.2. The molecule has 0 amide bonds. The van der Waals surface area contributed by atoms with Gasteiger partial charge in [0, 0.05) is 5.02 Å².